The fourth-order valence-corrected chi connectivity index (χ4v) is 4.91. The number of carbonyl (C=O) groups excluding carboxylic acids is 1. The number of hydrogen-bond acceptors (Lipinski definition) is 3. The van der Waals surface area contributed by atoms with Gasteiger partial charge in [0.2, 0.25) is 0 Å². The van der Waals surface area contributed by atoms with E-state index in [9.17, 15) is 4.79 Å². The van der Waals surface area contributed by atoms with E-state index in [2.05, 4.69) is 57.4 Å². The van der Waals surface area contributed by atoms with Crippen LogP contribution in [0.3, 0.4) is 0 Å². The summed E-state index contributed by atoms with van der Waals surface area (Å²) in [5.41, 5.74) is 2.57. The molecule has 212 valence electrons. The molecule has 4 nitrogen and oxygen atoms in total. The number of rotatable bonds is 21. The van der Waals surface area contributed by atoms with E-state index in [4.69, 9.17) is 9.47 Å². The average Bonchev–Trinajstić information content (AvgIpc) is 2.91. The quantitative estimate of drug-likeness (QED) is 0.0934. The van der Waals surface area contributed by atoms with Crippen LogP contribution in [0.15, 0.2) is 54.6 Å². The van der Waals surface area contributed by atoms with Crippen LogP contribution >= 0.6 is 0 Å². The highest BCUT2D eigenvalue weighted by molar-refractivity contribution is 5.71. The van der Waals surface area contributed by atoms with Crippen molar-refractivity contribution in [2.24, 2.45) is 5.92 Å². The molecular formula is C34H54NO3+. The van der Waals surface area contributed by atoms with Crippen molar-refractivity contribution in [3.8, 4) is 5.75 Å². The van der Waals surface area contributed by atoms with E-state index < -0.39 is 0 Å². The first-order valence-electron chi connectivity index (χ1n) is 15.1. The second-order valence-corrected chi connectivity index (χ2v) is 11.5. The molecule has 0 aliphatic carbocycles. The molecule has 1 atom stereocenters. The molecule has 0 saturated heterocycles. The molecule has 4 heteroatoms. The van der Waals surface area contributed by atoms with E-state index in [1.165, 1.54) is 75.3 Å². The number of quaternary nitrogens is 1. The predicted molar refractivity (Wildman–Crippen MR) is 159 cm³/mol. The summed E-state index contributed by atoms with van der Waals surface area (Å²) in [5, 5.41) is 0. The van der Waals surface area contributed by atoms with E-state index in [1.54, 1.807) is 0 Å². The first-order chi connectivity index (χ1) is 18.4. The summed E-state index contributed by atoms with van der Waals surface area (Å²) in [6.07, 6.45) is 15.3. The molecule has 0 aliphatic heterocycles. The van der Waals surface area contributed by atoms with Gasteiger partial charge in [-0.2, -0.15) is 0 Å². The van der Waals surface area contributed by atoms with Gasteiger partial charge in [0, 0.05) is 12.0 Å². The topological polar surface area (TPSA) is 35.5 Å². The van der Waals surface area contributed by atoms with Crippen molar-refractivity contribution < 1.29 is 18.8 Å². The maximum absolute atomic E-state index is 12.5. The smallest absolute Gasteiger partial charge is 0.308 e. The Morgan fingerprint density at radius 1 is 0.789 bits per heavy atom. The number of hydrogen-bond donors (Lipinski definition) is 0. The molecule has 0 radical (unpaired) electrons. The summed E-state index contributed by atoms with van der Waals surface area (Å²) in [6, 6.07) is 18.8. The van der Waals surface area contributed by atoms with Crippen LogP contribution in [0.1, 0.15) is 95.6 Å². The van der Waals surface area contributed by atoms with Gasteiger partial charge >= 0.3 is 5.97 Å². The molecule has 0 bridgehead atoms. The average molecular weight is 525 g/mol. The summed E-state index contributed by atoms with van der Waals surface area (Å²) >= 11 is 0. The molecule has 0 amide bonds. The van der Waals surface area contributed by atoms with Crippen LogP contribution in [0.5, 0.6) is 5.75 Å². The molecule has 2 aromatic carbocycles. The Morgan fingerprint density at radius 3 is 2.08 bits per heavy atom. The fourth-order valence-electron chi connectivity index (χ4n) is 4.91. The van der Waals surface area contributed by atoms with E-state index in [0.29, 0.717) is 6.61 Å². The summed E-state index contributed by atoms with van der Waals surface area (Å²) in [4.78, 5) is 12.5. The zero-order chi connectivity index (χ0) is 27.5. The molecule has 0 aromatic heterocycles. The monoisotopic (exact) mass is 524 g/mol. The zero-order valence-corrected chi connectivity index (χ0v) is 24.8. The number of para-hydroxylation sites is 1. The summed E-state index contributed by atoms with van der Waals surface area (Å²) < 4.78 is 12.4. The van der Waals surface area contributed by atoms with Gasteiger partial charge in [0.15, 0.2) is 0 Å². The maximum atomic E-state index is 12.5. The minimum atomic E-state index is -0.132. The summed E-state index contributed by atoms with van der Waals surface area (Å²) in [7, 11) is 4.43. The van der Waals surface area contributed by atoms with Crippen molar-refractivity contribution in [1.29, 1.82) is 0 Å². The summed E-state index contributed by atoms with van der Waals surface area (Å²) in [6.45, 7) is 6.80. The van der Waals surface area contributed by atoms with Gasteiger partial charge in [-0.1, -0.05) is 120 Å². The van der Waals surface area contributed by atoms with Crippen LogP contribution in [0.2, 0.25) is 0 Å². The minimum Gasteiger partial charge on any atom is -0.490 e. The number of ether oxygens (including phenoxy) is 2. The number of esters is 1. The third-order valence-electron chi connectivity index (χ3n) is 7.38. The maximum Gasteiger partial charge on any atom is 0.308 e. The molecule has 2 rings (SSSR count). The van der Waals surface area contributed by atoms with E-state index >= 15 is 0 Å². The second kappa shape index (κ2) is 18.8. The first-order valence-corrected chi connectivity index (χ1v) is 15.1. The predicted octanol–water partition coefficient (Wildman–Crippen LogP) is 8.37. The molecule has 0 fully saturated rings. The number of nitrogens with zero attached hydrogens (tertiary/aromatic N) is 1. The molecule has 0 saturated carbocycles. The Hall–Kier alpha value is -2.33. The van der Waals surface area contributed by atoms with Gasteiger partial charge < -0.3 is 14.0 Å². The van der Waals surface area contributed by atoms with Gasteiger partial charge in [-0.25, -0.2) is 0 Å². The van der Waals surface area contributed by atoms with E-state index in [-0.39, 0.29) is 18.5 Å². The Morgan fingerprint density at radius 2 is 1.39 bits per heavy atom. The van der Waals surface area contributed by atoms with E-state index in [1.807, 2.05) is 25.1 Å². The van der Waals surface area contributed by atoms with Crippen molar-refractivity contribution in [3.63, 3.8) is 0 Å². The van der Waals surface area contributed by atoms with Gasteiger partial charge in [0.05, 0.1) is 26.6 Å². The number of carbonyl (C=O) groups is 1. The van der Waals surface area contributed by atoms with Crippen LogP contribution in [0.4, 0.5) is 0 Å². The van der Waals surface area contributed by atoms with Crippen LogP contribution in [-0.4, -0.2) is 44.3 Å². The Bertz CT molecular complexity index is 880. The lowest BCUT2D eigenvalue weighted by atomic mass is 10.0. The molecule has 0 N–H and O–H groups in total. The fraction of sp³-hybridized carbons (Fsp3) is 0.618. The highest BCUT2D eigenvalue weighted by Crippen LogP contribution is 2.21. The molecule has 0 spiro atoms. The lowest BCUT2D eigenvalue weighted by Crippen LogP contribution is -2.40. The first kappa shape index (κ1) is 31.9. The van der Waals surface area contributed by atoms with Crippen molar-refractivity contribution in [3.05, 3.63) is 65.7 Å². The normalized spacial score (nSPS) is 12.3. The molecule has 0 aliphatic rings. The lowest BCUT2D eigenvalue weighted by molar-refractivity contribution is -0.904. The van der Waals surface area contributed by atoms with Crippen LogP contribution in [0, 0.1) is 5.92 Å². The number of benzene rings is 2. The third-order valence-corrected chi connectivity index (χ3v) is 7.38. The number of unbranched alkanes of at least 4 members (excludes halogenated alkanes) is 9. The highest BCUT2D eigenvalue weighted by Gasteiger charge is 2.21. The van der Waals surface area contributed by atoms with Crippen LogP contribution in [-0.2, 0) is 22.5 Å². The molecule has 1 unspecified atom stereocenters. The van der Waals surface area contributed by atoms with Gasteiger partial charge in [-0.3, -0.25) is 4.79 Å². The third kappa shape index (κ3) is 14.0. The van der Waals surface area contributed by atoms with Crippen molar-refractivity contribution >= 4 is 5.97 Å². The Kier molecular flexibility index (Phi) is 15.8. The van der Waals surface area contributed by atoms with Crippen LogP contribution in [0.25, 0.3) is 0 Å². The number of aryl methyl sites for hydroxylation is 1. The Labute approximate surface area is 233 Å². The highest BCUT2D eigenvalue weighted by atomic mass is 16.6. The van der Waals surface area contributed by atoms with Crippen molar-refractivity contribution in [2.75, 3.05) is 33.9 Å². The van der Waals surface area contributed by atoms with Gasteiger partial charge in [0.25, 0.3) is 0 Å². The van der Waals surface area contributed by atoms with Crippen LogP contribution < -0.4 is 4.74 Å². The molecule has 38 heavy (non-hydrogen) atoms. The van der Waals surface area contributed by atoms with Gasteiger partial charge in [-0.05, 0) is 24.5 Å². The SMILES string of the molecule is CCCCCCCCCCCCc1ccccc1OCCOC(=O)C(C)CC[N+](C)(C)Cc1ccccc1. The Balaban J connectivity index is 1.59. The molecule has 0 heterocycles. The van der Waals surface area contributed by atoms with Crippen molar-refractivity contribution in [2.45, 2.75) is 97.4 Å². The minimum absolute atomic E-state index is 0.119. The van der Waals surface area contributed by atoms with Crippen molar-refractivity contribution in [1.82, 2.24) is 0 Å². The molecule has 2 aromatic rings. The van der Waals surface area contributed by atoms with Gasteiger partial charge in [0.1, 0.15) is 25.5 Å². The lowest BCUT2D eigenvalue weighted by Gasteiger charge is -2.30. The van der Waals surface area contributed by atoms with E-state index in [0.717, 1.165) is 36.2 Å². The standard InChI is InChI=1S/C34H54NO3/c1-5-6-7-8-9-10-11-12-13-17-22-32-23-18-19-24-33(32)37-27-28-38-34(36)30(2)25-26-35(3,4)29-31-20-15-14-16-21-31/h14-16,18-21,23-24,30H,5-13,17,22,25-29H2,1-4H3/q+1. The van der Waals surface area contributed by atoms with Gasteiger partial charge in [-0.15, -0.1) is 0 Å². The molecular weight excluding hydrogens is 470 g/mol. The zero-order valence-electron chi connectivity index (χ0n) is 24.8. The summed E-state index contributed by atoms with van der Waals surface area (Å²) in [5.74, 6) is 0.672. The largest absolute Gasteiger partial charge is 0.490 e. The second-order valence-electron chi connectivity index (χ2n) is 11.5.